The van der Waals surface area contributed by atoms with E-state index < -0.39 is 44.2 Å². The highest BCUT2D eigenvalue weighted by Crippen LogP contribution is 2.43. The lowest BCUT2D eigenvalue weighted by Gasteiger charge is -2.14. The Morgan fingerprint density at radius 2 is 0.364 bits per heavy atom. The van der Waals surface area contributed by atoms with Crippen molar-refractivity contribution < 1.29 is 166 Å². The van der Waals surface area contributed by atoms with Gasteiger partial charge < -0.3 is 153 Å². The predicted molar refractivity (Wildman–Crippen MR) is 438 cm³/mol. The molecule has 0 aliphatic carbocycles. The number of likely N-dealkylation sites (N-methyl/N-ethyl adjacent to an activating group) is 3. The van der Waals surface area contributed by atoms with Gasteiger partial charge in [-0.3, -0.25) is 27.4 Å². The molecule has 110 heavy (non-hydrogen) atoms. The average molecular weight is 1810 g/mol. The Labute approximate surface area is 675 Å². The molecule has 0 rings (SSSR count). The molecule has 0 saturated carbocycles. The number of hydrogen-bond donors (Lipinski definition) is 7. The third kappa shape index (κ3) is 116. The van der Waals surface area contributed by atoms with Crippen LogP contribution < -0.4 is 0 Å². The average Bonchev–Trinajstić information content (AvgIpc) is 0.980. The van der Waals surface area contributed by atoms with Crippen LogP contribution in [-0.2, 0) is 136 Å². The number of thiol groups is 1. The van der Waals surface area contributed by atoms with Crippen LogP contribution in [0.4, 0.5) is 0 Å². The lowest BCUT2D eigenvalue weighted by Crippen LogP contribution is -2.19. The van der Waals surface area contributed by atoms with Crippen LogP contribution in [0.15, 0.2) is 0 Å². The second-order valence-electron chi connectivity index (χ2n) is 23.3. The summed E-state index contributed by atoms with van der Waals surface area (Å²) in [5.41, 5.74) is 0. The minimum atomic E-state index is -3.41. The Hall–Kier alpha value is 1.50. The molecule has 38 nitrogen and oxygen atoms in total. The standard InChI is InChI=1S/C13H30NO7P.C13H30NO6PS.C11H25O7PS.C9H22NO4PS.C8H19O6P.C8H19O5PS/c1-14(2)4-5-18-8-10-20-12-22(15,16)13-21-11-9-19-7-6-17-3;1-14(2)4-5-17-6-8-19-12-21(15,16)13-20-9-7-18-10-11-22-3;1-14-2-3-15-4-6-17-10-19(12,13)11-18-7-5-16-8-9-20;1-10(2)4-5-13-8-15(11,12)9-14-6-7-16-3;1-11-3-5-13-7-15(9,10)8-14-6-4-12-2;1-11-3-4-12-7-14(9,10)8-13-5-6-15-2/h2*4-13H2,1-3H3,(H,15,16);20H,2-11H2,1H3,(H,12,13);4-9H2,1-3H3,(H,11,12);2*3-8H2,1-2H3,(H,9,10). The molecular formula is C62H145N3O35P6S4. The molecule has 5 atom stereocenters. The third-order valence-electron chi connectivity index (χ3n) is 11.5. The lowest BCUT2D eigenvalue weighted by atomic mass is 10.6. The number of ether oxygens (including phenoxy) is 23. The van der Waals surface area contributed by atoms with Crippen LogP contribution in [0.3, 0.4) is 0 Å². The molecule has 0 aliphatic heterocycles. The van der Waals surface area contributed by atoms with E-state index in [0.717, 1.165) is 36.9 Å². The van der Waals surface area contributed by atoms with Crippen LogP contribution in [0.2, 0.25) is 0 Å². The zero-order valence-corrected chi connectivity index (χ0v) is 76.9. The monoisotopic (exact) mass is 1810 g/mol. The van der Waals surface area contributed by atoms with Crippen molar-refractivity contribution in [1.82, 2.24) is 14.7 Å². The fourth-order valence-electron chi connectivity index (χ4n) is 5.97. The predicted octanol–water partition coefficient (Wildman–Crippen LogP) is 5.27. The largest absolute Gasteiger partial charge is 0.382 e. The number of hydrogen-bond acceptors (Lipinski definition) is 36. The highest BCUT2D eigenvalue weighted by molar-refractivity contribution is 7.99. The van der Waals surface area contributed by atoms with E-state index in [9.17, 15) is 56.8 Å². The second-order valence-corrected chi connectivity index (χ2v) is 39.9. The Bertz CT molecular complexity index is 2050. The molecule has 0 aromatic heterocycles. The molecule has 0 aromatic carbocycles. The minimum Gasteiger partial charge on any atom is -0.382 e. The van der Waals surface area contributed by atoms with Crippen LogP contribution in [0.25, 0.3) is 0 Å². The fourth-order valence-corrected chi connectivity index (χ4v) is 12.4. The Kier molecular flexibility index (Phi) is 101. The van der Waals surface area contributed by atoms with Crippen LogP contribution in [0.5, 0.6) is 0 Å². The van der Waals surface area contributed by atoms with Crippen molar-refractivity contribution in [3.63, 3.8) is 0 Å². The molecule has 0 bridgehead atoms. The van der Waals surface area contributed by atoms with Gasteiger partial charge in [0.15, 0.2) is 0 Å². The molecule has 0 amide bonds. The lowest BCUT2D eigenvalue weighted by molar-refractivity contribution is 0.0314. The molecule has 0 radical (unpaired) electrons. The van der Waals surface area contributed by atoms with Gasteiger partial charge in [-0.05, 0) is 61.1 Å². The Morgan fingerprint density at radius 3 is 0.555 bits per heavy atom. The zero-order chi connectivity index (χ0) is 84.1. The van der Waals surface area contributed by atoms with Gasteiger partial charge in [-0.2, -0.15) is 47.9 Å². The first-order chi connectivity index (χ1) is 52.3. The molecule has 0 spiro atoms. The summed E-state index contributed by atoms with van der Waals surface area (Å²) in [5, 5.41) is 0. The fraction of sp³-hybridized carbons (Fsp3) is 1.00. The van der Waals surface area contributed by atoms with E-state index in [4.69, 9.17) is 109 Å². The number of nitrogens with zero attached hydrogens (tertiary/aromatic N) is 3. The molecular weight excluding hydrogens is 1660 g/mol. The number of methoxy groups -OCH3 is 5. The summed E-state index contributed by atoms with van der Waals surface area (Å²) in [5.74, 6) is 3.23. The summed E-state index contributed by atoms with van der Waals surface area (Å²) in [7, 11) is -0.572. The van der Waals surface area contributed by atoms with Crippen molar-refractivity contribution in [2.75, 3.05) is 407 Å². The van der Waals surface area contributed by atoms with E-state index >= 15 is 0 Å². The first-order valence-corrected chi connectivity index (χ1v) is 52.0. The van der Waals surface area contributed by atoms with Gasteiger partial charge in [-0.25, -0.2) is 0 Å². The first kappa shape index (κ1) is 122. The topological polar surface area (TPSA) is 446 Å². The summed E-state index contributed by atoms with van der Waals surface area (Å²) in [6, 6.07) is 0. The van der Waals surface area contributed by atoms with Crippen LogP contribution in [0.1, 0.15) is 0 Å². The van der Waals surface area contributed by atoms with E-state index in [1.54, 1.807) is 56.6 Å². The molecule has 5 unspecified atom stereocenters. The normalized spacial score (nSPS) is 14.3. The van der Waals surface area contributed by atoms with Gasteiger partial charge in [0.2, 0.25) is 44.2 Å². The summed E-state index contributed by atoms with van der Waals surface area (Å²) in [6.07, 6.45) is 3.62. The van der Waals surface area contributed by atoms with Crippen molar-refractivity contribution in [2.24, 2.45) is 0 Å². The van der Waals surface area contributed by atoms with Gasteiger partial charge in [0, 0.05) is 78.2 Å². The number of thioether (sulfide) groups is 3. The van der Waals surface area contributed by atoms with E-state index in [0.29, 0.717) is 171 Å². The second kappa shape index (κ2) is 91.2. The SMILES string of the molecule is COCCOCCOCP(=O)(O)COCCOCCN(C)C.COCCOCCOCP(=O)(O)COCCOCCS.COCCOCP(=O)(O)COCCOC.COCCOCP(=O)(O)COCCSC.CSCCOCCOCP(=O)(O)COCCOCCN(C)C.CSCCOCP(=O)(O)COCCN(C)C. The Morgan fingerprint density at radius 1 is 0.227 bits per heavy atom. The molecule has 672 valence electrons. The van der Waals surface area contributed by atoms with Gasteiger partial charge in [-0.15, -0.1) is 0 Å². The molecule has 0 aromatic rings. The zero-order valence-electron chi connectivity index (χ0n) is 68.2. The van der Waals surface area contributed by atoms with Crippen molar-refractivity contribution in [1.29, 1.82) is 0 Å². The third-order valence-corrected chi connectivity index (χ3v) is 20.4. The Balaban J connectivity index is -0.000000297. The maximum Gasteiger partial charge on any atom is 0.250 e. The van der Waals surface area contributed by atoms with E-state index in [-0.39, 0.29) is 103 Å². The molecule has 0 saturated heterocycles. The highest BCUT2D eigenvalue weighted by atomic mass is 32.2. The highest BCUT2D eigenvalue weighted by Gasteiger charge is 2.23. The smallest absolute Gasteiger partial charge is 0.250 e. The first-order valence-electron chi connectivity index (χ1n) is 35.0. The van der Waals surface area contributed by atoms with Gasteiger partial charge in [0.25, 0.3) is 0 Å². The summed E-state index contributed by atoms with van der Waals surface area (Å²) >= 11 is 8.97. The van der Waals surface area contributed by atoms with Crippen molar-refractivity contribution in [3.05, 3.63) is 0 Å². The maximum atomic E-state index is 11.7. The van der Waals surface area contributed by atoms with Crippen LogP contribution in [-0.4, -0.2) is 451 Å². The molecule has 48 heteroatoms. The van der Waals surface area contributed by atoms with Gasteiger partial charge in [-0.1, -0.05) is 0 Å². The van der Waals surface area contributed by atoms with E-state index in [2.05, 4.69) is 12.6 Å². The minimum absolute atomic E-state index is 0.116. The summed E-state index contributed by atoms with van der Waals surface area (Å²) in [4.78, 5) is 63.0. The van der Waals surface area contributed by atoms with Crippen LogP contribution >= 0.6 is 92.1 Å². The molecule has 0 fully saturated rings. The van der Waals surface area contributed by atoms with E-state index in [1.807, 2.05) is 75.8 Å². The van der Waals surface area contributed by atoms with Crippen molar-refractivity contribution in [2.45, 2.75) is 0 Å². The summed E-state index contributed by atoms with van der Waals surface area (Å²) in [6.45, 7) is 14.5. The van der Waals surface area contributed by atoms with Crippen molar-refractivity contribution >= 4 is 92.1 Å². The summed E-state index contributed by atoms with van der Waals surface area (Å²) < 4.78 is 185. The van der Waals surface area contributed by atoms with Gasteiger partial charge in [0.05, 0.1) is 192 Å². The molecule has 6 N–H and O–H groups in total. The van der Waals surface area contributed by atoms with Crippen LogP contribution in [0, 0.1) is 0 Å². The molecule has 0 heterocycles. The van der Waals surface area contributed by atoms with Gasteiger partial charge in [0.1, 0.15) is 76.2 Å². The quantitative estimate of drug-likeness (QED) is 0.0232. The van der Waals surface area contributed by atoms with Gasteiger partial charge >= 0.3 is 0 Å². The van der Waals surface area contributed by atoms with E-state index in [1.165, 1.54) is 14.2 Å². The number of rotatable bonds is 77. The molecule has 0 aliphatic rings. The van der Waals surface area contributed by atoms with Crippen molar-refractivity contribution in [3.8, 4) is 0 Å². The maximum absolute atomic E-state index is 11.7.